The van der Waals surface area contributed by atoms with Crippen LogP contribution in [0.3, 0.4) is 0 Å². The van der Waals surface area contributed by atoms with Gasteiger partial charge in [-0.1, -0.05) is 12.1 Å². The lowest BCUT2D eigenvalue weighted by Gasteiger charge is -2.17. The van der Waals surface area contributed by atoms with Gasteiger partial charge < -0.3 is 15.0 Å². The molecule has 1 N–H and O–H groups in total. The maximum absolute atomic E-state index is 12.2. The molecule has 1 heterocycles. The molecule has 0 aromatic heterocycles. The summed E-state index contributed by atoms with van der Waals surface area (Å²) < 4.78 is 5.39. The highest BCUT2D eigenvalue weighted by atomic mass is 16.5. The normalized spacial score (nSPS) is 13.7. The molecule has 1 aliphatic rings. The Kier molecular flexibility index (Phi) is 6.53. The first kappa shape index (κ1) is 18.3. The third-order valence-electron chi connectivity index (χ3n) is 4.76. The minimum Gasteiger partial charge on any atom is -0.494 e. The molecular weight excluding hydrogens is 324 g/mol. The van der Waals surface area contributed by atoms with Gasteiger partial charge in [0.15, 0.2) is 0 Å². The van der Waals surface area contributed by atoms with Gasteiger partial charge in [-0.3, -0.25) is 4.79 Å². The Balaban J connectivity index is 1.39. The van der Waals surface area contributed by atoms with Crippen molar-refractivity contribution in [3.8, 4) is 5.75 Å². The van der Waals surface area contributed by atoms with E-state index >= 15 is 0 Å². The molecule has 3 rings (SSSR count). The predicted octanol–water partition coefficient (Wildman–Crippen LogP) is 4.05. The smallest absolute Gasteiger partial charge is 0.251 e. The lowest BCUT2D eigenvalue weighted by Crippen LogP contribution is -2.24. The van der Waals surface area contributed by atoms with Crippen molar-refractivity contribution in [2.45, 2.75) is 32.6 Å². The van der Waals surface area contributed by atoms with Crippen LogP contribution in [-0.4, -0.2) is 32.1 Å². The molecule has 2 aromatic carbocycles. The van der Waals surface area contributed by atoms with E-state index in [2.05, 4.69) is 34.5 Å². The highest BCUT2D eigenvalue weighted by Gasteiger charge is 2.11. The van der Waals surface area contributed by atoms with Gasteiger partial charge in [0.05, 0.1) is 6.61 Å². The topological polar surface area (TPSA) is 41.6 Å². The molecule has 0 aliphatic carbocycles. The first-order valence-corrected chi connectivity index (χ1v) is 9.61. The average molecular weight is 352 g/mol. The van der Waals surface area contributed by atoms with Crippen molar-refractivity contribution in [1.29, 1.82) is 0 Å². The fourth-order valence-corrected chi connectivity index (χ4v) is 3.31. The number of hydrogen-bond acceptors (Lipinski definition) is 3. The Labute approximate surface area is 156 Å². The Morgan fingerprint density at radius 3 is 2.38 bits per heavy atom. The van der Waals surface area contributed by atoms with Crippen LogP contribution in [0, 0.1) is 0 Å². The molecule has 0 spiro atoms. The maximum Gasteiger partial charge on any atom is 0.251 e. The number of anilines is 1. The summed E-state index contributed by atoms with van der Waals surface area (Å²) >= 11 is 0. The van der Waals surface area contributed by atoms with Crippen molar-refractivity contribution in [3.05, 3.63) is 59.7 Å². The molecule has 1 fully saturated rings. The van der Waals surface area contributed by atoms with Crippen LogP contribution in [0.5, 0.6) is 5.75 Å². The van der Waals surface area contributed by atoms with Crippen LogP contribution in [0.2, 0.25) is 0 Å². The first-order chi connectivity index (χ1) is 12.8. The molecule has 1 aliphatic heterocycles. The second-order valence-electron chi connectivity index (χ2n) is 6.68. The van der Waals surface area contributed by atoms with E-state index in [4.69, 9.17) is 4.74 Å². The van der Waals surface area contributed by atoms with Gasteiger partial charge in [-0.2, -0.15) is 0 Å². The van der Waals surface area contributed by atoms with E-state index in [1.54, 1.807) is 12.1 Å². The first-order valence-electron chi connectivity index (χ1n) is 9.61. The summed E-state index contributed by atoms with van der Waals surface area (Å²) in [6.07, 6.45) is 4.52. The van der Waals surface area contributed by atoms with Crippen molar-refractivity contribution in [1.82, 2.24) is 5.32 Å². The number of carbonyl (C=O) groups is 1. The van der Waals surface area contributed by atoms with Gasteiger partial charge >= 0.3 is 0 Å². The summed E-state index contributed by atoms with van der Waals surface area (Å²) in [6.45, 7) is 5.61. The van der Waals surface area contributed by atoms with Gasteiger partial charge in [-0.05, 0) is 74.6 Å². The largest absolute Gasteiger partial charge is 0.494 e. The number of nitrogens with zero attached hydrogens (tertiary/aromatic N) is 1. The van der Waals surface area contributed by atoms with Crippen molar-refractivity contribution >= 4 is 11.6 Å². The summed E-state index contributed by atoms with van der Waals surface area (Å²) in [6, 6.07) is 16.1. The molecule has 1 amide bonds. The van der Waals surface area contributed by atoms with E-state index in [0.29, 0.717) is 18.7 Å². The number of benzene rings is 2. The van der Waals surface area contributed by atoms with Crippen molar-refractivity contribution in [2.24, 2.45) is 0 Å². The zero-order valence-corrected chi connectivity index (χ0v) is 15.5. The number of aryl methyl sites for hydroxylation is 1. The highest BCUT2D eigenvalue weighted by molar-refractivity contribution is 5.94. The number of hydrogen-bond donors (Lipinski definition) is 1. The van der Waals surface area contributed by atoms with Gasteiger partial charge in [-0.15, -0.1) is 0 Å². The molecule has 0 unspecified atom stereocenters. The van der Waals surface area contributed by atoms with Gasteiger partial charge in [0, 0.05) is 30.9 Å². The van der Waals surface area contributed by atoms with E-state index in [1.165, 1.54) is 37.2 Å². The third kappa shape index (κ3) is 5.01. The predicted molar refractivity (Wildman–Crippen MR) is 106 cm³/mol. The van der Waals surface area contributed by atoms with E-state index < -0.39 is 0 Å². The molecule has 0 bridgehead atoms. The van der Waals surface area contributed by atoms with Gasteiger partial charge in [0.1, 0.15) is 5.75 Å². The van der Waals surface area contributed by atoms with Crippen LogP contribution >= 0.6 is 0 Å². The SMILES string of the molecule is CCOc1ccc(C(=O)NCCCc2ccc(N3CCCC3)cc2)cc1. The van der Waals surface area contributed by atoms with Crippen LogP contribution in [0.4, 0.5) is 5.69 Å². The van der Waals surface area contributed by atoms with Crippen LogP contribution in [0.15, 0.2) is 48.5 Å². The monoisotopic (exact) mass is 352 g/mol. The molecular formula is C22H28N2O2. The second-order valence-corrected chi connectivity index (χ2v) is 6.68. The number of carbonyl (C=O) groups excluding carboxylic acids is 1. The number of nitrogens with one attached hydrogen (secondary N) is 1. The fourth-order valence-electron chi connectivity index (χ4n) is 3.31. The molecule has 4 heteroatoms. The van der Waals surface area contributed by atoms with Crippen LogP contribution in [-0.2, 0) is 6.42 Å². The zero-order chi connectivity index (χ0) is 18.2. The van der Waals surface area contributed by atoms with E-state index in [-0.39, 0.29) is 5.91 Å². The van der Waals surface area contributed by atoms with Gasteiger partial charge in [-0.25, -0.2) is 0 Å². The Hall–Kier alpha value is -2.49. The average Bonchev–Trinajstić information content (AvgIpc) is 3.21. The van der Waals surface area contributed by atoms with Crippen LogP contribution in [0.25, 0.3) is 0 Å². The summed E-state index contributed by atoms with van der Waals surface area (Å²) in [5, 5.41) is 2.99. The number of amides is 1. The Morgan fingerprint density at radius 2 is 1.73 bits per heavy atom. The maximum atomic E-state index is 12.2. The number of rotatable bonds is 8. The minimum absolute atomic E-state index is 0.0302. The van der Waals surface area contributed by atoms with Crippen molar-refractivity contribution < 1.29 is 9.53 Å². The molecule has 138 valence electrons. The zero-order valence-electron chi connectivity index (χ0n) is 15.5. The second kappa shape index (κ2) is 9.27. The standard InChI is InChI=1S/C22H28N2O2/c1-2-26-21-13-9-19(10-14-21)22(25)23-15-5-6-18-7-11-20(12-8-18)24-16-3-4-17-24/h7-14H,2-6,15-17H2,1H3,(H,23,25). The molecule has 26 heavy (non-hydrogen) atoms. The van der Waals surface area contributed by atoms with Crippen molar-refractivity contribution in [3.63, 3.8) is 0 Å². The van der Waals surface area contributed by atoms with Crippen LogP contribution < -0.4 is 15.0 Å². The van der Waals surface area contributed by atoms with E-state index in [0.717, 1.165) is 18.6 Å². The molecule has 0 atom stereocenters. The van der Waals surface area contributed by atoms with E-state index in [9.17, 15) is 4.79 Å². The van der Waals surface area contributed by atoms with Crippen molar-refractivity contribution in [2.75, 3.05) is 31.1 Å². The Morgan fingerprint density at radius 1 is 1.04 bits per heavy atom. The minimum atomic E-state index is -0.0302. The quantitative estimate of drug-likeness (QED) is 0.729. The van der Waals surface area contributed by atoms with Crippen LogP contribution in [0.1, 0.15) is 42.1 Å². The highest BCUT2D eigenvalue weighted by Crippen LogP contribution is 2.20. The summed E-state index contributed by atoms with van der Waals surface area (Å²) in [7, 11) is 0. The lowest BCUT2D eigenvalue weighted by molar-refractivity contribution is 0.0953. The Bertz CT molecular complexity index is 689. The van der Waals surface area contributed by atoms with E-state index in [1.807, 2.05) is 19.1 Å². The molecule has 0 saturated carbocycles. The molecule has 1 saturated heterocycles. The molecule has 4 nitrogen and oxygen atoms in total. The lowest BCUT2D eigenvalue weighted by atomic mass is 10.1. The van der Waals surface area contributed by atoms with Gasteiger partial charge in [0.2, 0.25) is 0 Å². The summed E-state index contributed by atoms with van der Waals surface area (Å²) in [5.74, 6) is 0.763. The molecule has 0 radical (unpaired) electrons. The van der Waals surface area contributed by atoms with Gasteiger partial charge in [0.25, 0.3) is 5.91 Å². The number of ether oxygens (including phenoxy) is 1. The summed E-state index contributed by atoms with van der Waals surface area (Å²) in [5.41, 5.74) is 3.32. The fraction of sp³-hybridized carbons (Fsp3) is 0.409. The third-order valence-corrected chi connectivity index (χ3v) is 4.76. The molecule has 2 aromatic rings. The summed E-state index contributed by atoms with van der Waals surface area (Å²) in [4.78, 5) is 14.6.